The molecule has 0 spiro atoms. The Bertz CT molecular complexity index is 855. The van der Waals surface area contributed by atoms with E-state index in [4.69, 9.17) is 16.7 Å². The number of aromatic nitrogens is 3. The van der Waals surface area contributed by atoms with Crippen molar-refractivity contribution in [2.45, 2.75) is 37.8 Å². The Hall–Kier alpha value is -2.11. The molecule has 124 valence electrons. The maximum absolute atomic E-state index is 9.62. The summed E-state index contributed by atoms with van der Waals surface area (Å²) in [5.41, 5.74) is 2.70. The first kappa shape index (κ1) is 15.4. The molecule has 5 nitrogen and oxygen atoms in total. The van der Waals surface area contributed by atoms with E-state index in [1.807, 2.05) is 47.1 Å². The number of imidazole rings is 1. The van der Waals surface area contributed by atoms with Crippen molar-refractivity contribution in [1.82, 2.24) is 14.6 Å². The molecule has 0 aliphatic heterocycles. The highest BCUT2D eigenvalue weighted by molar-refractivity contribution is 6.30. The lowest BCUT2D eigenvalue weighted by Crippen LogP contribution is -2.28. The lowest BCUT2D eigenvalue weighted by molar-refractivity contribution is 0.126. The fraction of sp³-hybridized carbons (Fsp3) is 0.333. The van der Waals surface area contributed by atoms with Gasteiger partial charge < -0.3 is 10.4 Å². The molecular formula is C18H19ClN4O. The third-order valence-electron chi connectivity index (χ3n) is 4.53. The summed E-state index contributed by atoms with van der Waals surface area (Å²) in [6.07, 6.45) is 5.28. The van der Waals surface area contributed by atoms with E-state index in [1.165, 1.54) is 0 Å². The summed E-state index contributed by atoms with van der Waals surface area (Å²) >= 11 is 6.10. The van der Waals surface area contributed by atoms with Gasteiger partial charge in [-0.2, -0.15) is 0 Å². The van der Waals surface area contributed by atoms with Gasteiger partial charge in [-0.15, -0.1) is 5.10 Å². The predicted octanol–water partition coefficient (Wildman–Crippen LogP) is 3.77. The fourth-order valence-corrected chi connectivity index (χ4v) is 3.41. The standard InChI is InChI=1S/C18H19ClN4O/c19-13-3-1-2-12(10-13)16-11-20-18-9-8-17(22-23(16)18)21-14-4-6-15(24)7-5-14/h1-3,8-11,14-15,24H,4-7H2,(H,21,22)/t14-,15+. The first-order chi connectivity index (χ1) is 11.7. The minimum atomic E-state index is -0.151. The van der Waals surface area contributed by atoms with Gasteiger partial charge in [-0.3, -0.25) is 0 Å². The van der Waals surface area contributed by atoms with Crippen LogP contribution in [0.4, 0.5) is 5.82 Å². The first-order valence-corrected chi connectivity index (χ1v) is 8.62. The summed E-state index contributed by atoms with van der Waals surface area (Å²) in [5, 5.41) is 18.5. The molecule has 1 aliphatic rings. The molecule has 6 heteroatoms. The Balaban J connectivity index is 1.63. The van der Waals surface area contributed by atoms with Gasteiger partial charge in [0.1, 0.15) is 5.82 Å². The number of aliphatic hydroxyl groups excluding tert-OH is 1. The summed E-state index contributed by atoms with van der Waals surface area (Å²) in [5.74, 6) is 0.824. The Labute approximate surface area is 145 Å². The van der Waals surface area contributed by atoms with Crippen molar-refractivity contribution >= 4 is 23.1 Å². The summed E-state index contributed by atoms with van der Waals surface area (Å²) in [4.78, 5) is 4.42. The predicted molar refractivity (Wildman–Crippen MR) is 95.3 cm³/mol. The Morgan fingerprint density at radius 3 is 2.75 bits per heavy atom. The SMILES string of the molecule is O[C@H]1CC[C@@H](Nc2ccc3ncc(-c4cccc(Cl)c4)n3n2)CC1. The van der Waals surface area contributed by atoms with E-state index >= 15 is 0 Å². The topological polar surface area (TPSA) is 62.5 Å². The van der Waals surface area contributed by atoms with E-state index in [9.17, 15) is 5.11 Å². The molecule has 2 heterocycles. The van der Waals surface area contributed by atoms with Crippen LogP contribution in [0.1, 0.15) is 25.7 Å². The second-order valence-electron chi connectivity index (χ2n) is 6.29. The number of nitrogens with zero attached hydrogens (tertiary/aromatic N) is 3. The van der Waals surface area contributed by atoms with Gasteiger partial charge in [0.15, 0.2) is 5.65 Å². The maximum Gasteiger partial charge on any atom is 0.154 e. The molecule has 0 saturated heterocycles. The third-order valence-corrected chi connectivity index (χ3v) is 4.77. The number of halogens is 1. The van der Waals surface area contributed by atoms with Gasteiger partial charge >= 0.3 is 0 Å². The average molecular weight is 343 g/mol. The molecule has 1 saturated carbocycles. The van der Waals surface area contributed by atoms with E-state index in [2.05, 4.69) is 10.3 Å². The lowest BCUT2D eigenvalue weighted by Gasteiger charge is -2.26. The van der Waals surface area contributed by atoms with E-state index in [-0.39, 0.29) is 6.10 Å². The van der Waals surface area contributed by atoms with Crippen molar-refractivity contribution in [3.63, 3.8) is 0 Å². The number of hydrogen-bond acceptors (Lipinski definition) is 4. The van der Waals surface area contributed by atoms with Crippen molar-refractivity contribution in [3.05, 3.63) is 47.6 Å². The number of benzene rings is 1. The zero-order valence-corrected chi connectivity index (χ0v) is 13.9. The molecule has 3 aromatic rings. The molecule has 0 bridgehead atoms. The largest absolute Gasteiger partial charge is 0.393 e. The maximum atomic E-state index is 9.62. The van der Waals surface area contributed by atoms with Crippen LogP contribution in [0, 0.1) is 0 Å². The molecule has 1 aromatic carbocycles. The van der Waals surface area contributed by atoms with Gasteiger partial charge in [0.05, 0.1) is 18.0 Å². The van der Waals surface area contributed by atoms with Crippen molar-refractivity contribution < 1.29 is 5.11 Å². The molecule has 1 fully saturated rings. The highest BCUT2D eigenvalue weighted by atomic mass is 35.5. The van der Waals surface area contributed by atoms with Crippen LogP contribution in [0.25, 0.3) is 16.9 Å². The monoisotopic (exact) mass is 342 g/mol. The molecule has 4 rings (SSSR count). The van der Waals surface area contributed by atoms with E-state index in [0.717, 1.165) is 48.4 Å². The summed E-state index contributed by atoms with van der Waals surface area (Å²) in [7, 11) is 0. The summed E-state index contributed by atoms with van der Waals surface area (Å²) in [6.45, 7) is 0. The zero-order chi connectivity index (χ0) is 16.5. The van der Waals surface area contributed by atoms with E-state index in [0.29, 0.717) is 11.1 Å². The molecule has 0 unspecified atom stereocenters. The van der Waals surface area contributed by atoms with Crippen molar-refractivity contribution in [2.75, 3.05) is 5.32 Å². The van der Waals surface area contributed by atoms with Gasteiger partial charge in [-0.05, 0) is 49.9 Å². The number of fused-ring (bicyclic) bond motifs is 1. The lowest BCUT2D eigenvalue weighted by atomic mass is 9.93. The molecule has 2 aromatic heterocycles. The molecular weight excluding hydrogens is 324 g/mol. The zero-order valence-electron chi connectivity index (χ0n) is 13.2. The van der Waals surface area contributed by atoms with Crippen molar-refractivity contribution in [3.8, 4) is 11.3 Å². The normalized spacial score (nSPS) is 21.1. The molecule has 2 N–H and O–H groups in total. The fourth-order valence-electron chi connectivity index (χ4n) is 3.22. The minimum absolute atomic E-state index is 0.151. The van der Waals surface area contributed by atoms with Crippen molar-refractivity contribution in [1.29, 1.82) is 0 Å². The summed E-state index contributed by atoms with van der Waals surface area (Å²) < 4.78 is 1.84. The van der Waals surface area contributed by atoms with Crippen LogP contribution >= 0.6 is 11.6 Å². The van der Waals surface area contributed by atoms with Gasteiger partial charge in [-0.25, -0.2) is 9.50 Å². The first-order valence-electron chi connectivity index (χ1n) is 8.24. The second-order valence-corrected chi connectivity index (χ2v) is 6.73. The number of anilines is 1. The molecule has 0 radical (unpaired) electrons. The minimum Gasteiger partial charge on any atom is -0.393 e. The van der Waals surface area contributed by atoms with Crippen LogP contribution in [-0.4, -0.2) is 31.9 Å². The van der Waals surface area contributed by atoms with E-state index < -0.39 is 0 Å². The van der Waals surface area contributed by atoms with Crippen LogP contribution in [-0.2, 0) is 0 Å². The van der Waals surface area contributed by atoms with Crippen LogP contribution in [0.5, 0.6) is 0 Å². The highest BCUT2D eigenvalue weighted by Crippen LogP contribution is 2.25. The molecule has 1 aliphatic carbocycles. The van der Waals surface area contributed by atoms with Gasteiger partial charge in [-0.1, -0.05) is 23.7 Å². The molecule has 24 heavy (non-hydrogen) atoms. The Morgan fingerprint density at radius 2 is 1.96 bits per heavy atom. The van der Waals surface area contributed by atoms with Gasteiger partial charge in [0.2, 0.25) is 0 Å². The van der Waals surface area contributed by atoms with E-state index in [1.54, 1.807) is 0 Å². The molecule has 0 atom stereocenters. The van der Waals surface area contributed by atoms with Crippen LogP contribution < -0.4 is 5.32 Å². The smallest absolute Gasteiger partial charge is 0.154 e. The number of hydrogen-bond donors (Lipinski definition) is 2. The van der Waals surface area contributed by atoms with Crippen LogP contribution in [0.15, 0.2) is 42.6 Å². The number of nitrogens with one attached hydrogen (secondary N) is 1. The average Bonchev–Trinajstić information content (AvgIpc) is 3.00. The van der Waals surface area contributed by atoms with Crippen LogP contribution in [0.2, 0.25) is 5.02 Å². The number of rotatable bonds is 3. The highest BCUT2D eigenvalue weighted by Gasteiger charge is 2.19. The number of aliphatic hydroxyl groups is 1. The summed E-state index contributed by atoms with van der Waals surface area (Å²) in [6, 6.07) is 12.0. The van der Waals surface area contributed by atoms with Gasteiger partial charge in [0.25, 0.3) is 0 Å². The quantitative estimate of drug-likeness (QED) is 0.760. The van der Waals surface area contributed by atoms with Gasteiger partial charge in [0, 0.05) is 16.6 Å². The third kappa shape index (κ3) is 3.09. The Morgan fingerprint density at radius 1 is 1.12 bits per heavy atom. The Kier molecular flexibility index (Phi) is 4.12. The van der Waals surface area contributed by atoms with Crippen LogP contribution in [0.3, 0.4) is 0 Å². The molecule has 0 amide bonds. The van der Waals surface area contributed by atoms with Crippen molar-refractivity contribution in [2.24, 2.45) is 0 Å². The second kappa shape index (κ2) is 6.42.